The van der Waals surface area contributed by atoms with Gasteiger partial charge in [0.25, 0.3) is 0 Å². The second-order valence-electron chi connectivity index (χ2n) is 3.59. The van der Waals surface area contributed by atoms with E-state index in [1.54, 1.807) is 11.8 Å². The second kappa shape index (κ2) is 5.80. The van der Waals surface area contributed by atoms with E-state index in [1.165, 1.54) is 4.90 Å². The van der Waals surface area contributed by atoms with Crippen LogP contribution in [0.2, 0.25) is 5.02 Å². The van der Waals surface area contributed by atoms with Crippen LogP contribution in [0.25, 0.3) is 0 Å². The molecule has 0 aromatic heterocycles. The predicted octanol–water partition coefficient (Wildman–Crippen LogP) is 4.98. The fourth-order valence-electron chi connectivity index (χ4n) is 1.42. The lowest BCUT2D eigenvalue weighted by Gasteiger charge is -2.06. The summed E-state index contributed by atoms with van der Waals surface area (Å²) < 4.78 is 1.08. The monoisotopic (exact) mass is 327 g/mol. The SMILES string of the molecule is Nc1ccc(Cl)cc1CSc1cccc(Br)c1. The molecular formula is C13H11BrClNS. The molecule has 0 atom stereocenters. The number of benzene rings is 2. The van der Waals surface area contributed by atoms with Crippen molar-refractivity contribution in [1.29, 1.82) is 0 Å². The van der Waals surface area contributed by atoms with Gasteiger partial charge < -0.3 is 5.73 Å². The van der Waals surface area contributed by atoms with Crippen LogP contribution in [0, 0.1) is 0 Å². The molecule has 0 saturated carbocycles. The minimum atomic E-state index is 0.726. The zero-order valence-corrected chi connectivity index (χ0v) is 12.1. The smallest absolute Gasteiger partial charge is 0.0410 e. The summed E-state index contributed by atoms with van der Waals surface area (Å²) in [5, 5.41) is 0.726. The van der Waals surface area contributed by atoms with E-state index in [2.05, 4.69) is 28.1 Å². The Hall–Kier alpha value is -0.640. The molecule has 0 aliphatic carbocycles. The molecule has 0 saturated heterocycles. The topological polar surface area (TPSA) is 26.0 Å². The van der Waals surface area contributed by atoms with Gasteiger partial charge in [-0.3, -0.25) is 0 Å². The molecule has 0 radical (unpaired) electrons. The fourth-order valence-corrected chi connectivity index (χ4v) is 3.12. The summed E-state index contributed by atoms with van der Waals surface area (Å²) in [5.41, 5.74) is 7.76. The molecule has 4 heteroatoms. The Morgan fingerprint density at radius 3 is 2.76 bits per heavy atom. The molecule has 0 unspecified atom stereocenters. The summed E-state index contributed by atoms with van der Waals surface area (Å²) in [6.07, 6.45) is 0. The van der Waals surface area contributed by atoms with E-state index >= 15 is 0 Å². The summed E-state index contributed by atoms with van der Waals surface area (Å²) in [7, 11) is 0. The van der Waals surface area contributed by atoms with Crippen molar-refractivity contribution in [3.63, 3.8) is 0 Å². The normalized spacial score (nSPS) is 10.5. The van der Waals surface area contributed by atoms with E-state index in [9.17, 15) is 0 Å². The van der Waals surface area contributed by atoms with E-state index in [1.807, 2.05) is 30.3 Å². The molecule has 2 aromatic rings. The number of hydrogen-bond donors (Lipinski definition) is 1. The zero-order chi connectivity index (χ0) is 12.3. The van der Waals surface area contributed by atoms with Crippen molar-refractivity contribution < 1.29 is 0 Å². The van der Waals surface area contributed by atoms with Crippen LogP contribution in [-0.4, -0.2) is 0 Å². The van der Waals surface area contributed by atoms with Crippen LogP contribution in [-0.2, 0) is 5.75 Å². The average Bonchev–Trinajstić information content (AvgIpc) is 2.30. The maximum atomic E-state index is 5.95. The van der Waals surface area contributed by atoms with Crippen LogP contribution >= 0.6 is 39.3 Å². The Bertz CT molecular complexity index is 531. The third kappa shape index (κ3) is 3.66. The maximum Gasteiger partial charge on any atom is 0.0410 e. The van der Waals surface area contributed by atoms with Crippen LogP contribution in [0.5, 0.6) is 0 Å². The van der Waals surface area contributed by atoms with Crippen molar-refractivity contribution in [3.05, 3.63) is 57.5 Å². The summed E-state index contributed by atoms with van der Waals surface area (Å²) in [6, 6.07) is 13.8. The first kappa shape index (κ1) is 12.8. The van der Waals surface area contributed by atoms with Gasteiger partial charge in [0.1, 0.15) is 0 Å². The van der Waals surface area contributed by atoms with Crippen LogP contribution in [0.1, 0.15) is 5.56 Å². The highest BCUT2D eigenvalue weighted by Gasteiger charge is 2.02. The van der Waals surface area contributed by atoms with E-state index < -0.39 is 0 Å². The maximum absolute atomic E-state index is 5.95. The predicted molar refractivity (Wildman–Crippen MR) is 79.6 cm³/mol. The number of nitrogens with two attached hydrogens (primary N) is 1. The molecule has 0 fully saturated rings. The molecule has 0 heterocycles. The quantitative estimate of drug-likeness (QED) is 0.635. The minimum Gasteiger partial charge on any atom is -0.398 e. The van der Waals surface area contributed by atoms with Gasteiger partial charge in [-0.15, -0.1) is 11.8 Å². The van der Waals surface area contributed by atoms with Gasteiger partial charge in [0.05, 0.1) is 0 Å². The van der Waals surface area contributed by atoms with E-state index in [4.69, 9.17) is 17.3 Å². The molecule has 1 nitrogen and oxygen atoms in total. The zero-order valence-electron chi connectivity index (χ0n) is 8.99. The number of rotatable bonds is 3. The summed E-state index contributed by atoms with van der Waals surface area (Å²) in [6.45, 7) is 0. The Balaban J connectivity index is 2.09. The number of nitrogen functional groups attached to an aromatic ring is 1. The molecule has 0 aliphatic heterocycles. The lowest BCUT2D eigenvalue weighted by atomic mass is 10.2. The van der Waals surface area contributed by atoms with Gasteiger partial charge in [-0.25, -0.2) is 0 Å². The Labute approximate surface area is 118 Å². The van der Waals surface area contributed by atoms with Gasteiger partial charge >= 0.3 is 0 Å². The Kier molecular flexibility index (Phi) is 4.37. The lowest BCUT2D eigenvalue weighted by Crippen LogP contribution is -1.92. The third-order valence-electron chi connectivity index (χ3n) is 2.30. The molecule has 2 aromatic carbocycles. The highest BCUT2D eigenvalue weighted by molar-refractivity contribution is 9.10. The fraction of sp³-hybridized carbons (Fsp3) is 0.0769. The lowest BCUT2D eigenvalue weighted by molar-refractivity contribution is 1.37. The number of halogens is 2. The average molecular weight is 329 g/mol. The molecule has 2 N–H and O–H groups in total. The molecule has 0 amide bonds. The van der Waals surface area contributed by atoms with Crippen LogP contribution in [0.3, 0.4) is 0 Å². The molecular weight excluding hydrogens is 318 g/mol. The van der Waals surface area contributed by atoms with Crippen molar-refractivity contribution in [2.75, 3.05) is 5.73 Å². The first-order valence-electron chi connectivity index (χ1n) is 5.07. The number of thioether (sulfide) groups is 1. The van der Waals surface area contributed by atoms with Crippen LogP contribution in [0.4, 0.5) is 5.69 Å². The highest BCUT2D eigenvalue weighted by Crippen LogP contribution is 2.28. The second-order valence-corrected chi connectivity index (χ2v) is 5.99. The number of hydrogen-bond acceptors (Lipinski definition) is 2. The third-order valence-corrected chi connectivity index (χ3v) is 4.07. The number of anilines is 1. The molecule has 0 bridgehead atoms. The van der Waals surface area contributed by atoms with Crippen LogP contribution in [0.15, 0.2) is 51.8 Å². The summed E-state index contributed by atoms with van der Waals surface area (Å²) >= 11 is 11.1. The minimum absolute atomic E-state index is 0.726. The Morgan fingerprint density at radius 1 is 1.18 bits per heavy atom. The van der Waals surface area contributed by atoms with Gasteiger partial charge in [-0.05, 0) is 42.0 Å². The van der Waals surface area contributed by atoms with E-state index in [-0.39, 0.29) is 0 Å². The summed E-state index contributed by atoms with van der Waals surface area (Å²) in [5.74, 6) is 0.822. The molecule has 88 valence electrons. The molecule has 0 aliphatic rings. The van der Waals surface area contributed by atoms with E-state index in [0.717, 1.165) is 26.5 Å². The largest absolute Gasteiger partial charge is 0.398 e. The van der Waals surface area contributed by atoms with Gasteiger partial charge in [0.15, 0.2) is 0 Å². The molecule has 17 heavy (non-hydrogen) atoms. The van der Waals surface area contributed by atoms with E-state index in [0.29, 0.717) is 0 Å². The first-order valence-corrected chi connectivity index (χ1v) is 7.23. The van der Waals surface area contributed by atoms with Gasteiger partial charge in [0, 0.05) is 25.8 Å². The summed E-state index contributed by atoms with van der Waals surface area (Å²) in [4.78, 5) is 1.21. The molecule has 0 spiro atoms. The van der Waals surface area contributed by atoms with Crippen LogP contribution < -0.4 is 5.73 Å². The molecule has 2 rings (SSSR count). The van der Waals surface area contributed by atoms with Crippen molar-refractivity contribution >= 4 is 45.0 Å². The standard InChI is InChI=1S/C13H11BrClNS/c14-10-2-1-3-12(7-10)17-8-9-6-11(15)4-5-13(9)16/h1-7H,8,16H2. The van der Waals surface area contributed by atoms with Crippen molar-refractivity contribution in [3.8, 4) is 0 Å². The Morgan fingerprint density at radius 2 is 2.00 bits per heavy atom. The van der Waals surface area contributed by atoms with Gasteiger partial charge in [-0.1, -0.05) is 33.6 Å². The first-order chi connectivity index (χ1) is 8.15. The highest BCUT2D eigenvalue weighted by atomic mass is 79.9. The van der Waals surface area contributed by atoms with Crippen molar-refractivity contribution in [2.24, 2.45) is 0 Å². The van der Waals surface area contributed by atoms with Gasteiger partial charge in [0.2, 0.25) is 0 Å². The van der Waals surface area contributed by atoms with Crippen molar-refractivity contribution in [2.45, 2.75) is 10.6 Å². The van der Waals surface area contributed by atoms with Crippen molar-refractivity contribution in [1.82, 2.24) is 0 Å². The van der Waals surface area contributed by atoms with Gasteiger partial charge in [-0.2, -0.15) is 0 Å².